The molecule has 0 saturated heterocycles. The van der Waals surface area contributed by atoms with Crippen molar-refractivity contribution in [2.75, 3.05) is 16.6 Å². The minimum atomic E-state index is -3.75. The van der Waals surface area contributed by atoms with Gasteiger partial charge in [-0.15, -0.1) is 0 Å². The van der Waals surface area contributed by atoms with Crippen LogP contribution in [0.3, 0.4) is 0 Å². The number of rotatable bonds is 4. The predicted molar refractivity (Wildman–Crippen MR) is 87.2 cm³/mol. The van der Waals surface area contributed by atoms with Crippen LogP contribution in [0.15, 0.2) is 47.4 Å². The van der Waals surface area contributed by atoms with E-state index in [0.717, 1.165) is 5.56 Å². The number of hydrogen-bond donors (Lipinski definition) is 1. The van der Waals surface area contributed by atoms with Crippen molar-refractivity contribution in [2.45, 2.75) is 18.7 Å². The molecule has 2 aromatic carbocycles. The fourth-order valence-corrected chi connectivity index (χ4v) is 3.97. The summed E-state index contributed by atoms with van der Waals surface area (Å²) in [7, 11) is -3.75. The lowest BCUT2D eigenvalue weighted by Crippen LogP contribution is -2.31. The molecule has 0 unspecified atom stereocenters. The van der Waals surface area contributed by atoms with Crippen molar-refractivity contribution in [2.24, 2.45) is 0 Å². The lowest BCUT2D eigenvalue weighted by Gasteiger charge is -2.24. The number of nitrogen functional groups attached to an aromatic ring is 1. The number of nitrogens with zero attached hydrogens (tertiary/aromatic N) is 1. The van der Waals surface area contributed by atoms with Crippen LogP contribution in [0.25, 0.3) is 0 Å². The highest BCUT2D eigenvalue weighted by molar-refractivity contribution is 7.93. The standard InChI is InChI=1S/C15H17ClN2O2S/c1-3-18(13-6-4-5-11(2)9-13)21(19,20)15-10-12(16)7-8-14(15)17/h4-10H,3,17H2,1-2H3. The topological polar surface area (TPSA) is 63.4 Å². The maximum atomic E-state index is 12.8. The zero-order valence-electron chi connectivity index (χ0n) is 11.9. The maximum Gasteiger partial charge on any atom is 0.266 e. The largest absolute Gasteiger partial charge is 0.398 e. The fourth-order valence-electron chi connectivity index (χ4n) is 2.12. The zero-order valence-corrected chi connectivity index (χ0v) is 13.4. The van der Waals surface area contributed by atoms with Gasteiger partial charge in [-0.3, -0.25) is 4.31 Å². The molecular weight excluding hydrogens is 308 g/mol. The van der Waals surface area contributed by atoms with Gasteiger partial charge >= 0.3 is 0 Å². The van der Waals surface area contributed by atoms with E-state index in [9.17, 15) is 8.42 Å². The summed E-state index contributed by atoms with van der Waals surface area (Å²) in [5, 5.41) is 0.336. The van der Waals surface area contributed by atoms with Gasteiger partial charge in [0.05, 0.1) is 11.4 Å². The number of anilines is 2. The van der Waals surface area contributed by atoms with Gasteiger partial charge in [0.2, 0.25) is 0 Å². The minimum Gasteiger partial charge on any atom is -0.398 e. The van der Waals surface area contributed by atoms with Gasteiger partial charge in [0, 0.05) is 11.6 Å². The van der Waals surface area contributed by atoms with E-state index in [-0.39, 0.29) is 10.6 Å². The molecule has 0 aliphatic carbocycles. The third-order valence-electron chi connectivity index (χ3n) is 3.12. The number of nitrogens with two attached hydrogens (primary N) is 1. The molecule has 0 fully saturated rings. The van der Waals surface area contributed by atoms with E-state index in [1.54, 1.807) is 19.1 Å². The lowest BCUT2D eigenvalue weighted by molar-refractivity contribution is 0.592. The van der Waals surface area contributed by atoms with Crippen molar-refractivity contribution in [3.05, 3.63) is 53.1 Å². The van der Waals surface area contributed by atoms with Crippen molar-refractivity contribution in [3.8, 4) is 0 Å². The Balaban J connectivity index is 2.57. The molecule has 2 N–H and O–H groups in total. The summed E-state index contributed by atoms with van der Waals surface area (Å²) < 4.78 is 27.0. The van der Waals surface area contributed by atoms with E-state index >= 15 is 0 Å². The van der Waals surface area contributed by atoms with Gasteiger partial charge in [-0.2, -0.15) is 0 Å². The molecule has 2 rings (SSSR count). The number of sulfonamides is 1. The normalized spacial score (nSPS) is 11.4. The Bertz CT molecular complexity index is 760. The second-order valence-electron chi connectivity index (χ2n) is 4.69. The van der Waals surface area contributed by atoms with Crippen molar-refractivity contribution in [3.63, 3.8) is 0 Å². The van der Waals surface area contributed by atoms with Crippen LogP contribution >= 0.6 is 11.6 Å². The third kappa shape index (κ3) is 3.14. The van der Waals surface area contributed by atoms with Gasteiger partial charge in [-0.05, 0) is 49.7 Å². The van der Waals surface area contributed by atoms with Gasteiger partial charge in [0.1, 0.15) is 4.90 Å². The molecule has 0 aliphatic rings. The van der Waals surface area contributed by atoms with Crippen LogP contribution in [0.1, 0.15) is 12.5 Å². The van der Waals surface area contributed by atoms with Crippen LogP contribution in [-0.2, 0) is 10.0 Å². The molecule has 0 heterocycles. The lowest BCUT2D eigenvalue weighted by atomic mass is 10.2. The predicted octanol–water partition coefficient (Wildman–Crippen LogP) is 3.45. The van der Waals surface area contributed by atoms with E-state index in [1.807, 2.05) is 25.1 Å². The van der Waals surface area contributed by atoms with E-state index in [4.69, 9.17) is 17.3 Å². The molecule has 0 bridgehead atoms. The molecule has 0 atom stereocenters. The second kappa shape index (κ2) is 5.95. The molecular formula is C15H17ClN2O2S. The first kappa shape index (κ1) is 15.7. The fraction of sp³-hybridized carbons (Fsp3) is 0.200. The van der Waals surface area contributed by atoms with Crippen LogP contribution in [0.4, 0.5) is 11.4 Å². The van der Waals surface area contributed by atoms with Crippen LogP contribution < -0.4 is 10.0 Å². The zero-order chi connectivity index (χ0) is 15.6. The molecule has 4 nitrogen and oxygen atoms in total. The van der Waals surface area contributed by atoms with Crippen molar-refractivity contribution >= 4 is 33.0 Å². The summed E-state index contributed by atoms with van der Waals surface area (Å²) >= 11 is 5.90. The highest BCUT2D eigenvalue weighted by Gasteiger charge is 2.26. The average Bonchev–Trinajstić information content (AvgIpc) is 2.42. The SMILES string of the molecule is CCN(c1cccc(C)c1)S(=O)(=O)c1cc(Cl)ccc1N. The quantitative estimate of drug-likeness (QED) is 0.876. The smallest absolute Gasteiger partial charge is 0.266 e. The Morgan fingerprint density at radius 2 is 1.90 bits per heavy atom. The van der Waals surface area contributed by atoms with E-state index < -0.39 is 10.0 Å². The summed E-state index contributed by atoms with van der Waals surface area (Å²) in [6, 6.07) is 11.8. The summed E-state index contributed by atoms with van der Waals surface area (Å²) in [6.07, 6.45) is 0. The summed E-state index contributed by atoms with van der Waals surface area (Å²) in [5.41, 5.74) is 7.59. The second-order valence-corrected chi connectivity index (χ2v) is 6.96. The Hall–Kier alpha value is -1.72. The third-order valence-corrected chi connectivity index (χ3v) is 5.31. The van der Waals surface area contributed by atoms with Crippen LogP contribution in [0, 0.1) is 6.92 Å². The molecule has 6 heteroatoms. The molecule has 0 saturated carbocycles. The van der Waals surface area contributed by atoms with Crippen LogP contribution in [0.2, 0.25) is 5.02 Å². The molecule has 112 valence electrons. The van der Waals surface area contributed by atoms with Crippen molar-refractivity contribution < 1.29 is 8.42 Å². The first-order valence-electron chi connectivity index (χ1n) is 6.50. The number of halogens is 1. The van der Waals surface area contributed by atoms with Gasteiger partial charge in [-0.25, -0.2) is 8.42 Å². The van der Waals surface area contributed by atoms with Crippen LogP contribution in [0.5, 0.6) is 0 Å². The van der Waals surface area contributed by atoms with Crippen molar-refractivity contribution in [1.29, 1.82) is 0 Å². The van der Waals surface area contributed by atoms with Crippen LogP contribution in [-0.4, -0.2) is 15.0 Å². The van der Waals surface area contributed by atoms with Gasteiger partial charge < -0.3 is 5.73 Å². The molecule has 0 radical (unpaired) electrons. The molecule has 0 amide bonds. The Morgan fingerprint density at radius 3 is 2.52 bits per heavy atom. The Kier molecular flexibility index (Phi) is 4.44. The first-order valence-corrected chi connectivity index (χ1v) is 8.32. The summed E-state index contributed by atoms with van der Waals surface area (Å²) in [6.45, 7) is 4.00. The van der Waals surface area contributed by atoms with Gasteiger partial charge in [0.15, 0.2) is 0 Å². The average molecular weight is 325 g/mol. The molecule has 0 aliphatic heterocycles. The highest BCUT2D eigenvalue weighted by Crippen LogP contribution is 2.29. The van der Waals surface area contributed by atoms with E-state index in [0.29, 0.717) is 17.3 Å². The van der Waals surface area contributed by atoms with E-state index in [1.165, 1.54) is 16.4 Å². The minimum absolute atomic E-state index is 0.0263. The van der Waals surface area contributed by atoms with Gasteiger partial charge in [0.25, 0.3) is 10.0 Å². The van der Waals surface area contributed by atoms with Crippen molar-refractivity contribution in [1.82, 2.24) is 0 Å². The summed E-state index contributed by atoms with van der Waals surface area (Å²) in [4.78, 5) is 0.0263. The Morgan fingerprint density at radius 1 is 1.19 bits per heavy atom. The number of aryl methyl sites for hydroxylation is 1. The molecule has 0 spiro atoms. The molecule has 2 aromatic rings. The van der Waals surface area contributed by atoms with Gasteiger partial charge in [-0.1, -0.05) is 23.7 Å². The van der Waals surface area contributed by atoms with E-state index in [2.05, 4.69) is 0 Å². The number of benzene rings is 2. The summed E-state index contributed by atoms with van der Waals surface area (Å²) in [5.74, 6) is 0. The molecule has 21 heavy (non-hydrogen) atoms. The number of hydrogen-bond acceptors (Lipinski definition) is 3. The first-order chi connectivity index (χ1) is 9.86. The monoisotopic (exact) mass is 324 g/mol. The maximum absolute atomic E-state index is 12.8. The Labute approximate surface area is 130 Å². The molecule has 0 aromatic heterocycles. The highest BCUT2D eigenvalue weighted by atomic mass is 35.5.